The monoisotopic (exact) mass is 533 g/mol. The first-order chi connectivity index (χ1) is 17.6. The number of nitrogens with one attached hydrogen (secondary N) is 3. The van der Waals surface area contributed by atoms with E-state index >= 15 is 0 Å². The van der Waals surface area contributed by atoms with Crippen LogP contribution in [0.5, 0.6) is 0 Å². The number of benzene rings is 2. The van der Waals surface area contributed by atoms with Crippen LogP contribution in [-0.4, -0.2) is 30.9 Å². The largest absolute Gasteiger partial charge is 0.417 e. The average Bonchev–Trinajstić information content (AvgIpc) is 3.03. The molecule has 7 nitrogen and oxygen atoms in total. The predicted octanol–water partition coefficient (Wildman–Crippen LogP) is 7.06. The summed E-state index contributed by atoms with van der Waals surface area (Å²) in [6, 6.07) is 7.63. The number of hydrogen-bond donors (Lipinski definition) is 3. The first-order valence-electron chi connectivity index (χ1n) is 11.8. The van der Waals surface area contributed by atoms with Gasteiger partial charge in [-0.2, -0.15) is 13.2 Å². The molecule has 0 bridgehead atoms. The Kier molecular flexibility index (Phi) is 8.19. The molecule has 2 aromatic rings. The number of halogens is 4. The Balaban J connectivity index is 1.50. The number of ether oxygens (including phenoxy) is 1. The number of nitrogens with zero attached hydrogens (tertiary/aromatic N) is 2. The summed E-state index contributed by atoms with van der Waals surface area (Å²) in [4.78, 5) is 21.8. The highest BCUT2D eigenvalue weighted by Gasteiger charge is 2.33. The molecule has 4 rings (SSSR count). The second kappa shape index (κ2) is 11.4. The maximum absolute atomic E-state index is 13.1. The zero-order valence-corrected chi connectivity index (χ0v) is 21.1. The number of hydrogen-bond acceptors (Lipinski definition) is 3. The van der Waals surface area contributed by atoms with E-state index in [2.05, 4.69) is 27.0 Å². The third kappa shape index (κ3) is 7.11. The molecule has 2 aliphatic heterocycles. The van der Waals surface area contributed by atoms with Gasteiger partial charge in [0, 0.05) is 48.3 Å². The molecule has 2 amide bonds. The first kappa shape index (κ1) is 26.7. The van der Waals surface area contributed by atoms with Crippen LogP contribution in [0.3, 0.4) is 0 Å². The molecular formula is C26H27ClF3N5O2. The van der Waals surface area contributed by atoms with Gasteiger partial charge in [0.15, 0.2) is 0 Å². The SMILES string of the molecule is CC1=NC(=Nc2cc(NC(=O)Nc3ccc(Cl)c(C(F)(F)F)c3)ccc2C)NC(C2CCOCC2)=CC1. The molecule has 2 heterocycles. The van der Waals surface area contributed by atoms with Crippen molar-refractivity contribution in [2.75, 3.05) is 23.8 Å². The van der Waals surface area contributed by atoms with E-state index < -0.39 is 22.8 Å². The van der Waals surface area contributed by atoms with E-state index in [4.69, 9.17) is 21.3 Å². The fourth-order valence-electron chi connectivity index (χ4n) is 4.06. The van der Waals surface area contributed by atoms with Crippen molar-refractivity contribution >= 4 is 46.4 Å². The van der Waals surface area contributed by atoms with Crippen molar-refractivity contribution in [1.29, 1.82) is 0 Å². The lowest BCUT2D eigenvalue weighted by Gasteiger charge is -2.25. The van der Waals surface area contributed by atoms with Gasteiger partial charge in [-0.05, 0) is 62.6 Å². The van der Waals surface area contributed by atoms with E-state index in [-0.39, 0.29) is 5.69 Å². The van der Waals surface area contributed by atoms with Crippen LogP contribution in [0, 0.1) is 12.8 Å². The molecule has 196 valence electrons. The molecule has 0 radical (unpaired) electrons. The maximum Gasteiger partial charge on any atom is 0.417 e. The summed E-state index contributed by atoms with van der Waals surface area (Å²) in [5.74, 6) is 0.807. The number of amides is 2. The summed E-state index contributed by atoms with van der Waals surface area (Å²) >= 11 is 5.65. The van der Waals surface area contributed by atoms with Crippen molar-refractivity contribution in [1.82, 2.24) is 5.32 Å². The standard InChI is InChI=1S/C26H27ClF3N5O2/c1-15-3-5-19(33-25(36)32-18-6-7-21(27)20(13-18)26(28,29)30)14-23(15)35-24-31-16(2)4-8-22(34-24)17-9-11-37-12-10-17/h3,5-8,13-14,17H,4,9-12H2,1-2H3,(H,34,35)(H2,32,33,36). The number of aliphatic imine (C=N–C) groups is 2. The minimum atomic E-state index is -4.64. The molecule has 0 saturated carbocycles. The van der Waals surface area contributed by atoms with Gasteiger partial charge in [0.2, 0.25) is 5.96 Å². The molecule has 2 aromatic carbocycles. The summed E-state index contributed by atoms with van der Waals surface area (Å²) in [5, 5.41) is 7.97. The molecule has 37 heavy (non-hydrogen) atoms. The molecule has 0 aliphatic carbocycles. The average molecular weight is 534 g/mol. The van der Waals surface area contributed by atoms with Crippen LogP contribution in [0.15, 0.2) is 58.2 Å². The number of carbonyl (C=O) groups is 1. The van der Waals surface area contributed by atoms with Crippen molar-refractivity contribution in [3.63, 3.8) is 0 Å². The van der Waals surface area contributed by atoms with Gasteiger partial charge in [-0.3, -0.25) is 0 Å². The lowest BCUT2D eigenvalue weighted by atomic mass is 9.95. The minimum Gasteiger partial charge on any atom is -0.381 e. The van der Waals surface area contributed by atoms with Crippen molar-refractivity contribution in [2.45, 2.75) is 39.3 Å². The van der Waals surface area contributed by atoms with Gasteiger partial charge in [0.1, 0.15) is 0 Å². The quantitative estimate of drug-likeness (QED) is 0.393. The fraction of sp³-hybridized carbons (Fsp3) is 0.346. The summed E-state index contributed by atoms with van der Waals surface area (Å²) in [6.07, 6.45) is 0.0875. The lowest BCUT2D eigenvalue weighted by molar-refractivity contribution is -0.137. The third-order valence-corrected chi connectivity index (χ3v) is 6.38. The summed E-state index contributed by atoms with van der Waals surface area (Å²) in [7, 11) is 0. The number of alkyl halides is 3. The van der Waals surface area contributed by atoms with Gasteiger partial charge in [0.05, 0.1) is 16.3 Å². The molecule has 0 atom stereocenters. The Bertz CT molecular complexity index is 1270. The zero-order valence-electron chi connectivity index (χ0n) is 20.4. The van der Waals surface area contributed by atoms with Crippen LogP contribution in [0.1, 0.15) is 37.3 Å². The Morgan fingerprint density at radius 1 is 1.11 bits per heavy atom. The smallest absolute Gasteiger partial charge is 0.381 e. The molecule has 2 aliphatic rings. The molecule has 1 fully saturated rings. The molecular weight excluding hydrogens is 507 g/mol. The normalized spacial score (nSPS) is 17.9. The van der Waals surface area contributed by atoms with Crippen LogP contribution >= 0.6 is 11.6 Å². The van der Waals surface area contributed by atoms with Crippen LogP contribution in [0.25, 0.3) is 0 Å². The second-order valence-corrected chi connectivity index (χ2v) is 9.34. The molecule has 3 N–H and O–H groups in total. The molecule has 0 aromatic heterocycles. The Morgan fingerprint density at radius 3 is 2.49 bits per heavy atom. The Labute approximate surface area is 217 Å². The highest BCUT2D eigenvalue weighted by molar-refractivity contribution is 6.31. The van der Waals surface area contributed by atoms with E-state index in [9.17, 15) is 18.0 Å². The first-order valence-corrected chi connectivity index (χ1v) is 12.2. The van der Waals surface area contributed by atoms with E-state index in [0.717, 1.165) is 61.6 Å². The van der Waals surface area contributed by atoms with Gasteiger partial charge in [-0.15, -0.1) is 0 Å². The van der Waals surface area contributed by atoms with Gasteiger partial charge in [0.25, 0.3) is 0 Å². The third-order valence-electron chi connectivity index (χ3n) is 6.05. The van der Waals surface area contributed by atoms with Crippen LogP contribution in [-0.2, 0) is 10.9 Å². The van der Waals surface area contributed by atoms with Crippen molar-refractivity contribution in [3.8, 4) is 0 Å². The van der Waals surface area contributed by atoms with Crippen molar-refractivity contribution in [3.05, 3.63) is 64.3 Å². The minimum absolute atomic E-state index is 0.0401. The summed E-state index contributed by atoms with van der Waals surface area (Å²) in [6.45, 7) is 5.27. The van der Waals surface area contributed by atoms with Gasteiger partial charge in [-0.25, -0.2) is 14.8 Å². The number of guanidine groups is 1. The predicted molar refractivity (Wildman–Crippen MR) is 140 cm³/mol. The summed E-state index contributed by atoms with van der Waals surface area (Å²) < 4.78 is 44.8. The highest BCUT2D eigenvalue weighted by Crippen LogP contribution is 2.36. The molecule has 0 unspecified atom stereocenters. The Morgan fingerprint density at radius 2 is 1.78 bits per heavy atom. The molecule has 1 saturated heterocycles. The van der Waals surface area contributed by atoms with Crippen molar-refractivity contribution in [2.24, 2.45) is 15.9 Å². The number of allylic oxidation sites excluding steroid dienone is 2. The number of urea groups is 1. The van der Waals surface area contributed by atoms with Crippen LogP contribution in [0.2, 0.25) is 5.02 Å². The van der Waals surface area contributed by atoms with Crippen molar-refractivity contribution < 1.29 is 22.7 Å². The lowest BCUT2D eigenvalue weighted by Crippen LogP contribution is -2.28. The maximum atomic E-state index is 13.1. The van der Waals surface area contributed by atoms with Gasteiger partial charge < -0.3 is 20.7 Å². The molecule has 0 spiro atoms. The number of rotatable bonds is 4. The summed E-state index contributed by atoms with van der Waals surface area (Å²) in [5.41, 5.74) is 2.80. The zero-order chi connectivity index (χ0) is 26.6. The van der Waals surface area contributed by atoms with E-state index in [1.165, 1.54) is 6.07 Å². The van der Waals surface area contributed by atoms with E-state index in [0.29, 0.717) is 23.3 Å². The van der Waals surface area contributed by atoms with Gasteiger partial charge in [-0.1, -0.05) is 23.7 Å². The second-order valence-electron chi connectivity index (χ2n) is 8.93. The number of anilines is 2. The van der Waals surface area contributed by atoms with Gasteiger partial charge >= 0.3 is 12.2 Å². The van der Waals surface area contributed by atoms with E-state index in [1.54, 1.807) is 18.2 Å². The van der Waals surface area contributed by atoms with Crippen LogP contribution < -0.4 is 16.0 Å². The molecule has 11 heteroatoms. The Hall–Kier alpha value is -3.37. The fourth-order valence-corrected chi connectivity index (χ4v) is 4.28. The highest BCUT2D eigenvalue weighted by atomic mass is 35.5. The number of carbonyl (C=O) groups excluding carboxylic acids is 1. The van der Waals surface area contributed by atoms with Crippen LogP contribution in [0.4, 0.5) is 35.0 Å². The number of aryl methyl sites for hydroxylation is 1. The van der Waals surface area contributed by atoms with E-state index in [1.807, 2.05) is 13.8 Å². The topological polar surface area (TPSA) is 87.1 Å².